The summed E-state index contributed by atoms with van der Waals surface area (Å²) in [6.45, 7) is 14.2. The van der Waals surface area contributed by atoms with Crippen LogP contribution in [0.1, 0.15) is 84.8 Å². The van der Waals surface area contributed by atoms with Crippen molar-refractivity contribution in [3.63, 3.8) is 0 Å². The average Bonchev–Trinajstić information content (AvgIpc) is 3.09. The van der Waals surface area contributed by atoms with Crippen molar-refractivity contribution >= 4 is 41.4 Å². The number of esters is 1. The van der Waals surface area contributed by atoms with Crippen LogP contribution >= 0.6 is 0 Å². The first-order valence-electron chi connectivity index (χ1n) is 18.1. The quantitative estimate of drug-likeness (QED) is 0.0950. The minimum atomic E-state index is -0.808. The topological polar surface area (TPSA) is 139 Å². The van der Waals surface area contributed by atoms with Gasteiger partial charge in [0.15, 0.2) is 0 Å². The Morgan fingerprint density at radius 1 is 0.811 bits per heavy atom. The molecule has 4 rings (SSSR count). The monoisotopic (exact) mass is 727 g/mol. The predicted molar refractivity (Wildman–Crippen MR) is 205 cm³/mol. The van der Waals surface area contributed by atoms with Crippen molar-refractivity contribution in [1.29, 1.82) is 0 Å². The molecule has 0 bridgehead atoms. The lowest BCUT2D eigenvalue weighted by atomic mass is 9.96. The number of likely N-dealkylation sites (tertiary alicyclic amines) is 1. The van der Waals surface area contributed by atoms with Gasteiger partial charge in [0, 0.05) is 37.8 Å². The van der Waals surface area contributed by atoms with E-state index in [-0.39, 0.29) is 30.5 Å². The molecule has 1 unspecified atom stereocenters. The van der Waals surface area contributed by atoms with Gasteiger partial charge < -0.3 is 24.0 Å². The van der Waals surface area contributed by atoms with Crippen LogP contribution in [0.4, 0.5) is 21.0 Å². The number of hydrogen-bond donors (Lipinski definition) is 2. The number of carbonyl (C=O) groups excluding carboxylic acids is 4. The van der Waals surface area contributed by atoms with E-state index in [1.165, 1.54) is 0 Å². The van der Waals surface area contributed by atoms with E-state index in [9.17, 15) is 19.2 Å². The van der Waals surface area contributed by atoms with Gasteiger partial charge in [0.05, 0.1) is 11.6 Å². The SMILES string of the molecule is CCC(=O)N(c1cccc(N=C(NC(=O)OC(C)(C)C)NC(=O)OC(C)(C)C)c1)C1CCN(CC(C(=O)OCc2ccccc2)c2ccccc2)CC1. The Bertz CT molecular complexity index is 1680. The predicted octanol–water partition coefficient (Wildman–Crippen LogP) is 7.46. The number of piperidine rings is 1. The fraction of sp³-hybridized carbons (Fsp3) is 0.439. The van der Waals surface area contributed by atoms with Crippen LogP contribution in [0.2, 0.25) is 0 Å². The highest BCUT2D eigenvalue weighted by molar-refractivity contribution is 6.02. The molecule has 0 aliphatic carbocycles. The summed E-state index contributed by atoms with van der Waals surface area (Å²) < 4.78 is 16.5. The van der Waals surface area contributed by atoms with Gasteiger partial charge in [-0.1, -0.05) is 73.7 Å². The highest BCUT2D eigenvalue weighted by Crippen LogP contribution is 2.29. The van der Waals surface area contributed by atoms with Gasteiger partial charge in [0.25, 0.3) is 0 Å². The Balaban J connectivity index is 1.50. The number of rotatable bonds is 10. The fourth-order valence-electron chi connectivity index (χ4n) is 5.91. The molecule has 1 aliphatic rings. The zero-order valence-corrected chi connectivity index (χ0v) is 31.9. The minimum absolute atomic E-state index is 0.0461. The number of hydrogen-bond acceptors (Lipinski definition) is 9. The van der Waals surface area contributed by atoms with Gasteiger partial charge in [-0.2, -0.15) is 0 Å². The summed E-state index contributed by atoms with van der Waals surface area (Å²) in [6.07, 6.45) is 0.0496. The molecular weight excluding hydrogens is 674 g/mol. The van der Waals surface area contributed by atoms with E-state index in [1.54, 1.807) is 64.6 Å². The Kier molecular flexibility index (Phi) is 14.2. The number of guanidine groups is 1. The summed E-state index contributed by atoms with van der Waals surface area (Å²) in [5.74, 6) is -0.973. The maximum atomic E-state index is 13.5. The molecule has 0 spiro atoms. The largest absolute Gasteiger partial charge is 0.460 e. The summed E-state index contributed by atoms with van der Waals surface area (Å²) in [7, 11) is 0. The molecule has 1 atom stereocenters. The maximum Gasteiger partial charge on any atom is 0.414 e. The number of benzene rings is 3. The summed E-state index contributed by atoms with van der Waals surface area (Å²) in [4.78, 5) is 60.8. The molecule has 0 radical (unpaired) electrons. The van der Waals surface area contributed by atoms with Crippen molar-refractivity contribution in [3.05, 3.63) is 96.1 Å². The average molecular weight is 728 g/mol. The highest BCUT2D eigenvalue weighted by Gasteiger charge is 2.32. The van der Waals surface area contributed by atoms with Crippen molar-refractivity contribution in [2.45, 2.75) is 97.5 Å². The smallest absolute Gasteiger partial charge is 0.414 e. The van der Waals surface area contributed by atoms with E-state index in [0.717, 1.165) is 11.1 Å². The third-order valence-corrected chi connectivity index (χ3v) is 8.23. The van der Waals surface area contributed by atoms with Crippen LogP contribution in [0.25, 0.3) is 0 Å². The standard InChI is InChI=1S/C41H53N5O7/c1-8-35(47)46(33-21-15-20-31(26-33)42-37(43-38(49)52-40(2,3)4)44-39(50)53-41(5,6)7)32-22-24-45(25-23-32)27-34(30-18-13-10-14-19-30)36(48)51-28-29-16-11-9-12-17-29/h9-21,26,32,34H,8,22-25,27-28H2,1-7H3,(H2,42,43,44,49,50). The number of carbonyl (C=O) groups is 4. The van der Waals surface area contributed by atoms with Gasteiger partial charge in [0.1, 0.15) is 17.8 Å². The zero-order valence-electron chi connectivity index (χ0n) is 31.9. The molecule has 0 saturated carbocycles. The molecule has 3 amide bonds. The molecule has 1 fully saturated rings. The highest BCUT2D eigenvalue weighted by atomic mass is 16.6. The second kappa shape index (κ2) is 18.5. The van der Waals surface area contributed by atoms with Crippen LogP contribution in [0, 0.1) is 0 Å². The number of alkyl carbamates (subject to hydrolysis) is 2. The van der Waals surface area contributed by atoms with E-state index in [1.807, 2.05) is 73.7 Å². The third-order valence-electron chi connectivity index (χ3n) is 8.23. The van der Waals surface area contributed by atoms with Crippen LogP contribution in [0.15, 0.2) is 89.9 Å². The first kappa shape index (κ1) is 40.5. The molecule has 3 aromatic carbocycles. The molecule has 53 heavy (non-hydrogen) atoms. The van der Waals surface area contributed by atoms with Crippen LogP contribution in [0.3, 0.4) is 0 Å². The molecule has 0 aromatic heterocycles. The van der Waals surface area contributed by atoms with E-state index in [0.29, 0.717) is 50.3 Å². The fourth-order valence-corrected chi connectivity index (χ4v) is 5.91. The van der Waals surface area contributed by atoms with Gasteiger partial charge in [-0.3, -0.25) is 20.2 Å². The molecule has 1 aliphatic heterocycles. The van der Waals surface area contributed by atoms with Gasteiger partial charge >= 0.3 is 18.2 Å². The van der Waals surface area contributed by atoms with Gasteiger partial charge in [-0.05, 0) is 83.7 Å². The number of nitrogens with zero attached hydrogens (tertiary/aromatic N) is 3. The molecule has 12 heteroatoms. The summed E-state index contributed by atoms with van der Waals surface area (Å²) >= 11 is 0. The number of aliphatic imine (C=N–C) groups is 1. The molecule has 2 N–H and O–H groups in total. The van der Waals surface area contributed by atoms with Crippen molar-refractivity contribution in [2.75, 3.05) is 24.5 Å². The Hall–Kier alpha value is -5.23. The molecule has 3 aromatic rings. The lowest BCUT2D eigenvalue weighted by Gasteiger charge is -2.39. The van der Waals surface area contributed by atoms with E-state index in [2.05, 4.69) is 20.5 Å². The van der Waals surface area contributed by atoms with Crippen LogP contribution in [-0.4, -0.2) is 71.8 Å². The molecule has 1 heterocycles. The van der Waals surface area contributed by atoms with Crippen LogP contribution in [-0.2, 0) is 30.4 Å². The van der Waals surface area contributed by atoms with Crippen molar-refractivity contribution in [2.24, 2.45) is 4.99 Å². The summed E-state index contributed by atoms with van der Waals surface area (Å²) in [5, 5.41) is 5.00. The van der Waals surface area contributed by atoms with E-state index in [4.69, 9.17) is 14.2 Å². The Morgan fingerprint density at radius 3 is 1.92 bits per heavy atom. The molecule has 284 valence electrons. The number of ether oxygens (including phenoxy) is 3. The Morgan fingerprint density at radius 2 is 1.38 bits per heavy atom. The molecular formula is C41H53N5O7. The number of anilines is 1. The van der Waals surface area contributed by atoms with E-state index >= 15 is 0 Å². The van der Waals surface area contributed by atoms with Crippen molar-refractivity contribution in [3.8, 4) is 0 Å². The third kappa shape index (κ3) is 13.4. The van der Waals surface area contributed by atoms with Crippen LogP contribution < -0.4 is 15.5 Å². The van der Waals surface area contributed by atoms with Crippen molar-refractivity contribution in [1.82, 2.24) is 15.5 Å². The summed E-state index contributed by atoms with van der Waals surface area (Å²) in [5.41, 5.74) is 1.28. The normalized spacial score (nSPS) is 14.3. The lowest BCUT2D eigenvalue weighted by molar-refractivity contribution is -0.147. The number of amides is 3. The second-order valence-corrected chi connectivity index (χ2v) is 14.9. The van der Waals surface area contributed by atoms with E-state index < -0.39 is 29.3 Å². The summed E-state index contributed by atoms with van der Waals surface area (Å²) in [6, 6.07) is 26.3. The second-order valence-electron chi connectivity index (χ2n) is 14.9. The van der Waals surface area contributed by atoms with Gasteiger partial charge in [-0.25, -0.2) is 14.6 Å². The first-order valence-corrected chi connectivity index (χ1v) is 18.1. The molecule has 12 nitrogen and oxygen atoms in total. The molecule has 1 saturated heterocycles. The number of nitrogens with one attached hydrogen (secondary N) is 2. The lowest BCUT2D eigenvalue weighted by Crippen LogP contribution is -2.48. The maximum absolute atomic E-state index is 13.5. The first-order chi connectivity index (χ1) is 25.1. The van der Waals surface area contributed by atoms with Crippen molar-refractivity contribution < 1.29 is 33.4 Å². The Labute approximate surface area is 312 Å². The zero-order chi connectivity index (χ0) is 38.6. The van der Waals surface area contributed by atoms with Crippen LogP contribution in [0.5, 0.6) is 0 Å². The minimum Gasteiger partial charge on any atom is -0.460 e. The van der Waals surface area contributed by atoms with Gasteiger partial charge in [-0.15, -0.1) is 0 Å². The van der Waals surface area contributed by atoms with Gasteiger partial charge in [0.2, 0.25) is 11.9 Å².